The summed E-state index contributed by atoms with van der Waals surface area (Å²) in [7, 11) is 0. The van der Waals surface area contributed by atoms with Gasteiger partial charge in [-0.1, -0.05) is 23.7 Å². The standard InChI is InChI=1S/C21H19ClF2N4O/c22-14-7-5-13(6-8-14)17-2-1-9-27(17)21(29)15-11-25-28-18(19(23)24)10-16(12-3-4-12)26-20(15)28/h5-8,10-12,17,19H,1-4,9H2/t17-/m0/s1. The van der Waals surface area contributed by atoms with Gasteiger partial charge in [0.2, 0.25) is 0 Å². The molecule has 1 saturated heterocycles. The molecule has 5 rings (SSSR count). The number of likely N-dealkylation sites (tertiary alicyclic amines) is 1. The van der Waals surface area contributed by atoms with Crippen LogP contribution in [0.25, 0.3) is 5.65 Å². The highest BCUT2D eigenvalue weighted by Gasteiger charge is 2.34. The van der Waals surface area contributed by atoms with Gasteiger partial charge >= 0.3 is 0 Å². The summed E-state index contributed by atoms with van der Waals surface area (Å²) in [6.45, 7) is 0.605. The van der Waals surface area contributed by atoms with Gasteiger partial charge in [-0.25, -0.2) is 18.3 Å². The van der Waals surface area contributed by atoms with Gasteiger partial charge in [-0.15, -0.1) is 0 Å². The van der Waals surface area contributed by atoms with Crippen LogP contribution in [-0.4, -0.2) is 31.9 Å². The van der Waals surface area contributed by atoms with Crippen LogP contribution >= 0.6 is 11.6 Å². The Bertz CT molecular complexity index is 1080. The lowest BCUT2D eigenvalue weighted by Gasteiger charge is -2.24. The monoisotopic (exact) mass is 416 g/mol. The number of carbonyl (C=O) groups excluding carboxylic acids is 1. The minimum atomic E-state index is -2.69. The fourth-order valence-corrected chi connectivity index (χ4v) is 4.22. The molecule has 3 aromatic rings. The van der Waals surface area contributed by atoms with Gasteiger partial charge in [0.1, 0.15) is 11.3 Å². The number of hydrogen-bond donors (Lipinski definition) is 0. The first-order valence-corrected chi connectivity index (χ1v) is 10.1. The first kappa shape index (κ1) is 18.5. The summed E-state index contributed by atoms with van der Waals surface area (Å²) < 4.78 is 28.3. The molecular formula is C21H19ClF2N4O. The fourth-order valence-electron chi connectivity index (χ4n) is 4.10. The van der Waals surface area contributed by atoms with E-state index in [1.165, 1.54) is 12.3 Å². The molecule has 2 aromatic heterocycles. The molecule has 2 aliphatic rings. The van der Waals surface area contributed by atoms with E-state index in [1.807, 2.05) is 24.3 Å². The van der Waals surface area contributed by atoms with Crippen molar-refractivity contribution in [3.63, 3.8) is 0 Å². The minimum Gasteiger partial charge on any atom is -0.331 e. The van der Waals surface area contributed by atoms with Crippen molar-refractivity contribution in [3.8, 4) is 0 Å². The molecule has 0 N–H and O–H groups in total. The van der Waals surface area contributed by atoms with Gasteiger partial charge in [-0.05, 0) is 49.4 Å². The Hall–Kier alpha value is -2.54. The molecule has 2 fully saturated rings. The number of nitrogens with zero attached hydrogens (tertiary/aromatic N) is 4. The Morgan fingerprint density at radius 3 is 2.62 bits per heavy atom. The summed E-state index contributed by atoms with van der Waals surface area (Å²) in [4.78, 5) is 19.7. The van der Waals surface area contributed by atoms with E-state index < -0.39 is 6.43 Å². The molecule has 1 amide bonds. The van der Waals surface area contributed by atoms with E-state index in [1.54, 1.807) is 4.90 Å². The van der Waals surface area contributed by atoms with E-state index >= 15 is 0 Å². The summed E-state index contributed by atoms with van der Waals surface area (Å²) in [5.41, 5.74) is 1.91. The zero-order chi connectivity index (χ0) is 20.1. The highest BCUT2D eigenvalue weighted by Crippen LogP contribution is 2.41. The van der Waals surface area contributed by atoms with Crippen LogP contribution in [0.2, 0.25) is 5.02 Å². The van der Waals surface area contributed by atoms with E-state index in [0.717, 1.165) is 35.8 Å². The number of alkyl halides is 2. The number of halogens is 3. The zero-order valence-electron chi connectivity index (χ0n) is 15.6. The van der Waals surface area contributed by atoms with Crippen molar-refractivity contribution < 1.29 is 13.6 Å². The third-order valence-corrected chi connectivity index (χ3v) is 5.99. The van der Waals surface area contributed by atoms with Crippen molar-refractivity contribution in [2.45, 2.75) is 44.1 Å². The molecule has 1 aliphatic heterocycles. The average Bonchev–Trinajstić information content (AvgIpc) is 3.29. The van der Waals surface area contributed by atoms with E-state index in [9.17, 15) is 13.6 Å². The largest absolute Gasteiger partial charge is 0.331 e. The molecule has 3 heterocycles. The Morgan fingerprint density at radius 1 is 1.17 bits per heavy atom. The first-order valence-electron chi connectivity index (χ1n) is 9.76. The number of hydrogen-bond acceptors (Lipinski definition) is 3. The van der Waals surface area contributed by atoms with Gasteiger partial charge in [0.15, 0.2) is 5.65 Å². The summed E-state index contributed by atoms with van der Waals surface area (Å²) in [6, 6.07) is 8.82. The van der Waals surface area contributed by atoms with Crippen LogP contribution in [0.5, 0.6) is 0 Å². The van der Waals surface area contributed by atoms with Gasteiger partial charge in [-0.2, -0.15) is 5.10 Å². The second-order valence-corrected chi connectivity index (χ2v) is 8.12. The third-order valence-electron chi connectivity index (χ3n) is 5.74. The molecule has 1 atom stereocenters. The van der Waals surface area contributed by atoms with Crippen LogP contribution in [0.3, 0.4) is 0 Å². The normalized spacial score (nSPS) is 19.4. The third kappa shape index (κ3) is 3.27. The molecule has 1 saturated carbocycles. The Balaban J connectivity index is 1.54. The van der Waals surface area contributed by atoms with Crippen molar-refractivity contribution in [2.75, 3.05) is 6.54 Å². The summed E-state index contributed by atoms with van der Waals surface area (Å²) in [5, 5.41) is 4.71. The van der Waals surface area contributed by atoms with Crippen LogP contribution in [0.1, 0.15) is 71.4 Å². The maximum absolute atomic E-state index is 13.6. The number of rotatable bonds is 4. The van der Waals surface area contributed by atoms with E-state index in [4.69, 9.17) is 11.6 Å². The lowest BCUT2D eigenvalue weighted by Crippen LogP contribution is -2.30. The maximum Gasteiger partial charge on any atom is 0.280 e. The number of carbonyl (C=O) groups is 1. The van der Waals surface area contributed by atoms with Crippen molar-refractivity contribution >= 4 is 23.2 Å². The predicted molar refractivity (Wildman–Crippen MR) is 104 cm³/mol. The van der Waals surface area contributed by atoms with E-state index in [0.29, 0.717) is 17.3 Å². The van der Waals surface area contributed by atoms with Gasteiger partial charge in [-0.3, -0.25) is 4.79 Å². The van der Waals surface area contributed by atoms with Crippen LogP contribution in [0.15, 0.2) is 36.5 Å². The highest BCUT2D eigenvalue weighted by molar-refractivity contribution is 6.30. The molecule has 0 radical (unpaired) electrons. The smallest absolute Gasteiger partial charge is 0.280 e. The van der Waals surface area contributed by atoms with Gasteiger partial charge in [0.25, 0.3) is 12.3 Å². The van der Waals surface area contributed by atoms with E-state index in [2.05, 4.69) is 10.1 Å². The van der Waals surface area contributed by atoms with Crippen molar-refractivity contribution in [3.05, 3.63) is 64.1 Å². The first-order chi connectivity index (χ1) is 14.0. The summed E-state index contributed by atoms with van der Waals surface area (Å²) >= 11 is 5.99. The van der Waals surface area contributed by atoms with Crippen LogP contribution < -0.4 is 0 Å². The van der Waals surface area contributed by atoms with Crippen LogP contribution in [0, 0.1) is 0 Å². The maximum atomic E-state index is 13.6. The zero-order valence-corrected chi connectivity index (χ0v) is 16.3. The van der Waals surface area contributed by atoms with Crippen molar-refractivity contribution in [1.82, 2.24) is 19.5 Å². The summed E-state index contributed by atoms with van der Waals surface area (Å²) in [5.74, 6) is -0.0259. The highest BCUT2D eigenvalue weighted by atomic mass is 35.5. The summed E-state index contributed by atoms with van der Waals surface area (Å²) in [6.07, 6.45) is 2.28. The molecule has 8 heteroatoms. The molecule has 1 aromatic carbocycles. The quantitative estimate of drug-likeness (QED) is 0.589. The molecule has 0 bridgehead atoms. The molecule has 0 spiro atoms. The molecule has 5 nitrogen and oxygen atoms in total. The lowest BCUT2D eigenvalue weighted by molar-refractivity contribution is 0.0737. The number of fused-ring (bicyclic) bond motifs is 1. The molecule has 1 aliphatic carbocycles. The molecule has 0 unspecified atom stereocenters. The Labute approximate surface area is 171 Å². The minimum absolute atomic E-state index is 0.0732. The average molecular weight is 417 g/mol. The van der Waals surface area contributed by atoms with Crippen molar-refractivity contribution in [2.24, 2.45) is 0 Å². The number of amides is 1. The van der Waals surface area contributed by atoms with Gasteiger partial charge in [0.05, 0.1) is 12.2 Å². The fraction of sp³-hybridized carbons (Fsp3) is 0.381. The van der Waals surface area contributed by atoms with Crippen LogP contribution in [0.4, 0.5) is 8.78 Å². The van der Waals surface area contributed by atoms with E-state index in [-0.39, 0.29) is 34.8 Å². The molecule has 150 valence electrons. The Kier molecular flexibility index (Phi) is 4.50. The lowest BCUT2D eigenvalue weighted by atomic mass is 10.0. The SMILES string of the molecule is O=C(c1cnn2c(C(F)F)cc(C3CC3)nc12)N1CCC[C@H]1c1ccc(Cl)cc1. The van der Waals surface area contributed by atoms with Gasteiger partial charge in [0, 0.05) is 23.2 Å². The molecule has 29 heavy (non-hydrogen) atoms. The Morgan fingerprint density at radius 2 is 1.93 bits per heavy atom. The number of benzene rings is 1. The second-order valence-electron chi connectivity index (χ2n) is 7.68. The van der Waals surface area contributed by atoms with Gasteiger partial charge < -0.3 is 4.90 Å². The topological polar surface area (TPSA) is 50.5 Å². The van der Waals surface area contributed by atoms with Crippen molar-refractivity contribution in [1.29, 1.82) is 0 Å². The molecular weight excluding hydrogens is 398 g/mol. The number of aromatic nitrogens is 3. The predicted octanol–water partition coefficient (Wildman–Crippen LogP) is 5.18. The van der Waals surface area contributed by atoms with Crippen LogP contribution in [-0.2, 0) is 0 Å². The second kappa shape index (κ2) is 7.06.